The Morgan fingerprint density at radius 1 is 1.43 bits per heavy atom. The zero-order chi connectivity index (χ0) is 15.8. The molecule has 0 amide bonds. The van der Waals surface area contributed by atoms with E-state index in [4.69, 9.17) is 10.9 Å². The summed E-state index contributed by atoms with van der Waals surface area (Å²) in [6, 6.07) is 5.40. The summed E-state index contributed by atoms with van der Waals surface area (Å²) < 4.78 is 14.5. The summed E-state index contributed by atoms with van der Waals surface area (Å²) in [6.07, 6.45) is 3.22. The van der Waals surface area contributed by atoms with E-state index in [1.54, 1.807) is 12.1 Å². The quantitative estimate of drug-likeness (QED) is 0.335. The van der Waals surface area contributed by atoms with Crippen LogP contribution in [0.25, 0.3) is 0 Å². The smallest absolute Gasteiger partial charge is 0.173 e. The second kappa shape index (κ2) is 8.62. The van der Waals surface area contributed by atoms with Crippen molar-refractivity contribution in [1.82, 2.24) is 4.90 Å². The topological polar surface area (TPSA) is 61.8 Å². The molecule has 1 atom stereocenters. The van der Waals surface area contributed by atoms with Crippen LogP contribution in [0, 0.1) is 5.82 Å². The predicted molar refractivity (Wildman–Crippen MR) is 84.0 cm³/mol. The molecule has 0 heterocycles. The van der Waals surface area contributed by atoms with Gasteiger partial charge in [0.2, 0.25) is 0 Å². The molecule has 0 aliphatic heterocycles. The summed E-state index contributed by atoms with van der Waals surface area (Å²) in [5, 5.41) is 11.6. The largest absolute Gasteiger partial charge is 0.409 e. The first kappa shape index (κ1) is 17.4. The first-order chi connectivity index (χ1) is 10.0. The molecular weight excluding hydrogens is 269 g/mol. The van der Waals surface area contributed by atoms with Crippen molar-refractivity contribution in [3.63, 3.8) is 0 Å². The summed E-state index contributed by atoms with van der Waals surface area (Å²) in [5.74, 6) is -0.601. The molecule has 1 aromatic carbocycles. The van der Waals surface area contributed by atoms with Gasteiger partial charge in [0.05, 0.1) is 5.56 Å². The number of amidine groups is 1. The molecule has 21 heavy (non-hydrogen) atoms. The number of hydrogen-bond donors (Lipinski definition) is 2. The fourth-order valence-corrected chi connectivity index (χ4v) is 2.25. The number of nitrogens with two attached hydrogens (primary N) is 1. The Bertz CT molecular complexity index is 477. The molecule has 0 bridgehead atoms. The third-order valence-electron chi connectivity index (χ3n) is 3.85. The standard InChI is InChI=1S/C16H26FN3O/c1-4-6-10-20(12(3)5-2)11-13-8-7-9-14(15(13)17)16(18)19-21/h7-9,12,21H,4-6,10-11H2,1-3H3,(H2,18,19). The van der Waals surface area contributed by atoms with Gasteiger partial charge in [0, 0.05) is 18.2 Å². The van der Waals surface area contributed by atoms with Crippen molar-refractivity contribution in [2.24, 2.45) is 10.9 Å². The molecule has 0 radical (unpaired) electrons. The summed E-state index contributed by atoms with van der Waals surface area (Å²) in [6.45, 7) is 7.91. The fourth-order valence-electron chi connectivity index (χ4n) is 2.25. The van der Waals surface area contributed by atoms with Gasteiger partial charge in [-0.1, -0.05) is 37.6 Å². The first-order valence-corrected chi connectivity index (χ1v) is 7.54. The zero-order valence-corrected chi connectivity index (χ0v) is 13.1. The lowest BCUT2D eigenvalue weighted by atomic mass is 10.1. The molecular formula is C16H26FN3O. The van der Waals surface area contributed by atoms with Crippen LogP contribution in [0.1, 0.15) is 51.2 Å². The fraction of sp³-hybridized carbons (Fsp3) is 0.562. The summed E-state index contributed by atoms with van der Waals surface area (Å²) in [4.78, 5) is 2.28. The highest BCUT2D eigenvalue weighted by molar-refractivity contribution is 5.97. The molecule has 1 aromatic rings. The van der Waals surface area contributed by atoms with Gasteiger partial charge in [0.1, 0.15) is 5.82 Å². The van der Waals surface area contributed by atoms with Crippen LogP contribution in [0.2, 0.25) is 0 Å². The van der Waals surface area contributed by atoms with Gasteiger partial charge in [0.25, 0.3) is 0 Å². The second-order valence-electron chi connectivity index (χ2n) is 5.35. The van der Waals surface area contributed by atoms with Crippen molar-refractivity contribution < 1.29 is 9.60 Å². The Labute approximate surface area is 126 Å². The average Bonchev–Trinajstić information content (AvgIpc) is 2.51. The highest BCUT2D eigenvalue weighted by Crippen LogP contribution is 2.17. The second-order valence-corrected chi connectivity index (χ2v) is 5.35. The molecule has 0 saturated heterocycles. The van der Waals surface area contributed by atoms with Crippen molar-refractivity contribution in [1.29, 1.82) is 0 Å². The number of oxime groups is 1. The summed E-state index contributed by atoms with van der Waals surface area (Å²) in [5.41, 5.74) is 6.23. The van der Waals surface area contributed by atoms with E-state index in [1.165, 1.54) is 6.07 Å². The van der Waals surface area contributed by atoms with Crippen LogP contribution in [0.5, 0.6) is 0 Å². The minimum absolute atomic E-state index is 0.148. The molecule has 5 heteroatoms. The SMILES string of the molecule is CCCCN(Cc1cccc(/C(N)=N/O)c1F)C(C)CC. The number of unbranched alkanes of at least 4 members (excludes halogenated alkanes) is 1. The van der Waals surface area contributed by atoms with Crippen LogP contribution in [0.3, 0.4) is 0 Å². The van der Waals surface area contributed by atoms with Gasteiger partial charge in [-0.05, 0) is 32.4 Å². The van der Waals surface area contributed by atoms with E-state index in [1.807, 2.05) is 0 Å². The summed E-state index contributed by atoms with van der Waals surface area (Å²) in [7, 11) is 0. The summed E-state index contributed by atoms with van der Waals surface area (Å²) >= 11 is 0. The predicted octanol–water partition coefficient (Wildman–Crippen LogP) is 3.32. The number of benzene rings is 1. The molecule has 1 rings (SSSR count). The van der Waals surface area contributed by atoms with Crippen molar-refractivity contribution >= 4 is 5.84 Å². The molecule has 1 unspecified atom stereocenters. The molecule has 0 aliphatic rings. The highest BCUT2D eigenvalue weighted by Gasteiger charge is 2.17. The Morgan fingerprint density at radius 3 is 2.71 bits per heavy atom. The molecule has 0 aliphatic carbocycles. The average molecular weight is 295 g/mol. The van der Waals surface area contributed by atoms with E-state index in [-0.39, 0.29) is 11.4 Å². The Balaban J connectivity index is 2.98. The molecule has 118 valence electrons. The van der Waals surface area contributed by atoms with Crippen molar-refractivity contribution in [2.45, 2.75) is 52.6 Å². The van der Waals surface area contributed by atoms with Gasteiger partial charge in [-0.15, -0.1) is 0 Å². The van der Waals surface area contributed by atoms with E-state index < -0.39 is 5.82 Å². The minimum atomic E-state index is -0.405. The van der Waals surface area contributed by atoms with Crippen LogP contribution in [-0.2, 0) is 6.54 Å². The van der Waals surface area contributed by atoms with Gasteiger partial charge in [-0.3, -0.25) is 4.90 Å². The molecule has 0 spiro atoms. The molecule has 0 saturated carbocycles. The monoisotopic (exact) mass is 295 g/mol. The maximum atomic E-state index is 14.5. The van der Waals surface area contributed by atoms with Crippen LogP contribution < -0.4 is 5.73 Å². The maximum Gasteiger partial charge on any atom is 0.173 e. The Kier molecular flexibility index (Phi) is 7.15. The number of hydrogen-bond acceptors (Lipinski definition) is 3. The van der Waals surface area contributed by atoms with E-state index in [2.05, 4.69) is 30.8 Å². The van der Waals surface area contributed by atoms with Crippen LogP contribution >= 0.6 is 0 Å². The van der Waals surface area contributed by atoms with E-state index in [0.717, 1.165) is 25.8 Å². The van der Waals surface area contributed by atoms with Gasteiger partial charge in [0.15, 0.2) is 5.84 Å². The van der Waals surface area contributed by atoms with E-state index in [9.17, 15) is 4.39 Å². The van der Waals surface area contributed by atoms with Gasteiger partial charge in [-0.2, -0.15) is 0 Å². The van der Waals surface area contributed by atoms with Crippen LogP contribution in [-0.4, -0.2) is 28.5 Å². The third kappa shape index (κ3) is 4.70. The zero-order valence-electron chi connectivity index (χ0n) is 13.1. The van der Waals surface area contributed by atoms with Gasteiger partial charge >= 0.3 is 0 Å². The van der Waals surface area contributed by atoms with Gasteiger partial charge < -0.3 is 10.9 Å². The third-order valence-corrected chi connectivity index (χ3v) is 3.85. The lowest BCUT2D eigenvalue weighted by Crippen LogP contribution is -2.33. The molecule has 4 nitrogen and oxygen atoms in total. The van der Waals surface area contributed by atoms with Crippen molar-refractivity contribution in [3.8, 4) is 0 Å². The van der Waals surface area contributed by atoms with Crippen LogP contribution in [0.15, 0.2) is 23.4 Å². The van der Waals surface area contributed by atoms with Crippen molar-refractivity contribution in [3.05, 3.63) is 35.1 Å². The lowest BCUT2D eigenvalue weighted by molar-refractivity contribution is 0.190. The first-order valence-electron chi connectivity index (χ1n) is 7.54. The Morgan fingerprint density at radius 2 is 2.14 bits per heavy atom. The highest BCUT2D eigenvalue weighted by atomic mass is 19.1. The number of rotatable bonds is 8. The number of nitrogens with zero attached hydrogens (tertiary/aromatic N) is 2. The minimum Gasteiger partial charge on any atom is -0.409 e. The molecule has 3 N–H and O–H groups in total. The normalized spacial score (nSPS) is 13.7. The molecule has 0 fully saturated rings. The Hall–Kier alpha value is -1.62. The van der Waals surface area contributed by atoms with Gasteiger partial charge in [-0.25, -0.2) is 4.39 Å². The molecule has 0 aromatic heterocycles. The van der Waals surface area contributed by atoms with Crippen molar-refractivity contribution in [2.75, 3.05) is 6.54 Å². The lowest BCUT2D eigenvalue weighted by Gasteiger charge is -2.28. The van der Waals surface area contributed by atoms with E-state index in [0.29, 0.717) is 18.2 Å². The van der Waals surface area contributed by atoms with Crippen LogP contribution in [0.4, 0.5) is 4.39 Å². The maximum absolute atomic E-state index is 14.5. The number of halogens is 1. The van der Waals surface area contributed by atoms with E-state index >= 15 is 0 Å².